The summed E-state index contributed by atoms with van der Waals surface area (Å²) in [5.41, 5.74) is 1.86. The van der Waals surface area contributed by atoms with Crippen LogP contribution < -0.4 is 15.0 Å². The number of rotatable bonds is 6. The van der Waals surface area contributed by atoms with Crippen molar-refractivity contribution >= 4 is 17.3 Å². The average molecular weight is 328 g/mol. The summed E-state index contributed by atoms with van der Waals surface area (Å²) < 4.78 is 10.7. The van der Waals surface area contributed by atoms with Crippen molar-refractivity contribution in [2.75, 3.05) is 30.4 Å². The summed E-state index contributed by atoms with van der Waals surface area (Å²) in [7, 11) is 1.62. The second-order valence-corrected chi connectivity index (χ2v) is 6.06. The van der Waals surface area contributed by atoms with Gasteiger partial charge in [0.1, 0.15) is 11.5 Å². The quantitative estimate of drug-likeness (QED) is 0.875. The zero-order valence-corrected chi connectivity index (χ0v) is 14.1. The van der Waals surface area contributed by atoms with Crippen molar-refractivity contribution in [2.45, 2.75) is 32.1 Å². The lowest BCUT2D eigenvalue weighted by Gasteiger charge is -2.29. The number of aryl methyl sites for hydroxylation is 1. The normalized spacial score (nSPS) is 14.5. The SMILES string of the molecule is COc1ccc(N2CCCCC2)cc1NC(=O)CCc1ccco1. The Labute approximate surface area is 142 Å². The van der Waals surface area contributed by atoms with Gasteiger partial charge in [0.25, 0.3) is 0 Å². The fourth-order valence-electron chi connectivity index (χ4n) is 3.05. The van der Waals surface area contributed by atoms with E-state index in [2.05, 4.69) is 16.3 Å². The summed E-state index contributed by atoms with van der Waals surface area (Å²) in [6.07, 6.45) is 6.33. The van der Waals surface area contributed by atoms with Gasteiger partial charge in [0.15, 0.2) is 0 Å². The lowest BCUT2D eigenvalue weighted by Crippen LogP contribution is -2.29. The molecule has 2 aromatic rings. The van der Waals surface area contributed by atoms with Crippen LogP contribution in [0.15, 0.2) is 41.0 Å². The molecule has 0 unspecified atom stereocenters. The van der Waals surface area contributed by atoms with Crippen LogP contribution in [0.4, 0.5) is 11.4 Å². The fraction of sp³-hybridized carbons (Fsp3) is 0.421. The molecule has 5 heteroatoms. The van der Waals surface area contributed by atoms with E-state index in [1.807, 2.05) is 24.3 Å². The summed E-state index contributed by atoms with van der Waals surface area (Å²) in [4.78, 5) is 14.6. The number of carbonyl (C=O) groups excluding carboxylic acids is 1. The van der Waals surface area contributed by atoms with Gasteiger partial charge in [0.2, 0.25) is 5.91 Å². The average Bonchev–Trinajstić information content (AvgIpc) is 3.14. The highest BCUT2D eigenvalue weighted by Gasteiger charge is 2.14. The number of benzene rings is 1. The van der Waals surface area contributed by atoms with Crippen LogP contribution in [0.5, 0.6) is 5.75 Å². The molecular formula is C19H24N2O3. The minimum Gasteiger partial charge on any atom is -0.495 e. The molecule has 1 aromatic heterocycles. The van der Waals surface area contributed by atoms with E-state index in [4.69, 9.17) is 9.15 Å². The van der Waals surface area contributed by atoms with Crippen LogP contribution in [-0.2, 0) is 11.2 Å². The largest absolute Gasteiger partial charge is 0.495 e. The smallest absolute Gasteiger partial charge is 0.224 e. The Morgan fingerprint density at radius 3 is 2.79 bits per heavy atom. The Bertz CT molecular complexity index is 661. The second-order valence-electron chi connectivity index (χ2n) is 6.06. The topological polar surface area (TPSA) is 54.7 Å². The van der Waals surface area contributed by atoms with E-state index in [-0.39, 0.29) is 5.91 Å². The van der Waals surface area contributed by atoms with Crippen LogP contribution >= 0.6 is 0 Å². The zero-order chi connectivity index (χ0) is 16.8. The third-order valence-corrected chi connectivity index (χ3v) is 4.36. The molecule has 2 heterocycles. The van der Waals surface area contributed by atoms with Gasteiger partial charge in [-0.1, -0.05) is 0 Å². The van der Waals surface area contributed by atoms with Crippen LogP contribution in [0.3, 0.4) is 0 Å². The molecule has 0 spiro atoms. The summed E-state index contributed by atoms with van der Waals surface area (Å²) in [5.74, 6) is 1.46. The van der Waals surface area contributed by atoms with E-state index in [1.165, 1.54) is 19.3 Å². The summed E-state index contributed by atoms with van der Waals surface area (Å²) in [6, 6.07) is 9.70. The van der Waals surface area contributed by atoms with E-state index in [1.54, 1.807) is 13.4 Å². The van der Waals surface area contributed by atoms with Crippen LogP contribution in [0.25, 0.3) is 0 Å². The number of carbonyl (C=O) groups is 1. The molecule has 1 N–H and O–H groups in total. The molecule has 1 fully saturated rings. The molecule has 0 aliphatic carbocycles. The first kappa shape index (κ1) is 16.4. The van der Waals surface area contributed by atoms with Crippen molar-refractivity contribution in [1.29, 1.82) is 0 Å². The Morgan fingerprint density at radius 2 is 2.08 bits per heavy atom. The molecule has 0 atom stereocenters. The van der Waals surface area contributed by atoms with Gasteiger partial charge >= 0.3 is 0 Å². The number of piperidine rings is 1. The monoisotopic (exact) mass is 328 g/mol. The number of nitrogens with zero attached hydrogens (tertiary/aromatic N) is 1. The van der Waals surface area contributed by atoms with Crippen LogP contribution in [-0.4, -0.2) is 26.1 Å². The molecule has 1 amide bonds. The minimum atomic E-state index is -0.0412. The van der Waals surface area contributed by atoms with E-state index in [9.17, 15) is 4.79 Å². The lowest BCUT2D eigenvalue weighted by molar-refractivity contribution is -0.116. The number of amides is 1. The second kappa shape index (κ2) is 7.90. The number of ether oxygens (including phenoxy) is 1. The molecule has 1 aliphatic heterocycles. The molecule has 0 radical (unpaired) electrons. The van der Waals surface area contributed by atoms with Crippen LogP contribution in [0, 0.1) is 0 Å². The van der Waals surface area contributed by atoms with Crippen molar-refractivity contribution in [3.63, 3.8) is 0 Å². The predicted molar refractivity (Wildman–Crippen MR) is 94.7 cm³/mol. The van der Waals surface area contributed by atoms with Crippen LogP contribution in [0.1, 0.15) is 31.4 Å². The molecule has 0 saturated carbocycles. The minimum absolute atomic E-state index is 0.0412. The van der Waals surface area contributed by atoms with Crippen molar-refractivity contribution in [3.8, 4) is 5.75 Å². The molecule has 128 valence electrons. The van der Waals surface area contributed by atoms with Gasteiger partial charge in [-0.25, -0.2) is 0 Å². The molecule has 0 bridgehead atoms. The molecule has 1 saturated heterocycles. The molecule has 3 rings (SSSR count). The highest BCUT2D eigenvalue weighted by molar-refractivity contribution is 5.93. The number of nitrogens with one attached hydrogen (secondary N) is 1. The van der Waals surface area contributed by atoms with E-state index >= 15 is 0 Å². The van der Waals surface area contributed by atoms with Crippen LogP contribution in [0.2, 0.25) is 0 Å². The Hall–Kier alpha value is -2.43. The highest BCUT2D eigenvalue weighted by atomic mass is 16.5. The van der Waals surface area contributed by atoms with Gasteiger partial charge in [0, 0.05) is 31.6 Å². The van der Waals surface area contributed by atoms with Gasteiger partial charge in [-0.2, -0.15) is 0 Å². The van der Waals surface area contributed by atoms with Crippen molar-refractivity contribution in [3.05, 3.63) is 42.4 Å². The molecule has 1 aromatic carbocycles. The maximum atomic E-state index is 12.2. The maximum Gasteiger partial charge on any atom is 0.224 e. The summed E-state index contributed by atoms with van der Waals surface area (Å²) >= 11 is 0. The Morgan fingerprint density at radius 1 is 1.25 bits per heavy atom. The zero-order valence-electron chi connectivity index (χ0n) is 14.1. The first-order valence-electron chi connectivity index (χ1n) is 8.51. The van der Waals surface area contributed by atoms with E-state index in [0.717, 1.165) is 30.2 Å². The Balaban J connectivity index is 1.66. The summed E-state index contributed by atoms with van der Waals surface area (Å²) in [6.45, 7) is 2.14. The van der Waals surface area contributed by atoms with E-state index < -0.39 is 0 Å². The Kier molecular flexibility index (Phi) is 5.41. The van der Waals surface area contributed by atoms with Crippen molar-refractivity contribution < 1.29 is 13.9 Å². The number of furan rings is 1. The van der Waals surface area contributed by atoms with Gasteiger partial charge in [-0.05, 0) is 49.6 Å². The standard InChI is InChI=1S/C19H24N2O3/c1-23-18-9-7-15(21-11-3-2-4-12-21)14-17(18)20-19(22)10-8-16-6-5-13-24-16/h5-7,9,13-14H,2-4,8,10-12H2,1H3,(H,20,22). The van der Waals surface area contributed by atoms with Gasteiger partial charge in [-0.15, -0.1) is 0 Å². The molecule has 5 nitrogen and oxygen atoms in total. The lowest BCUT2D eigenvalue weighted by atomic mass is 10.1. The number of methoxy groups -OCH3 is 1. The molecule has 1 aliphatic rings. The molecular weight excluding hydrogens is 304 g/mol. The third-order valence-electron chi connectivity index (χ3n) is 4.36. The fourth-order valence-corrected chi connectivity index (χ4v) is 3.05. The third kappa shape index (κ3) is 4.10. The van der Waals surface area contributed by atoms with E-state index in [0.29, 0.717) is 18.6 Å². The first-order valence-corrected chi connectivity index (χ1v) is 8.51. The molecule has 24 heavy (non-hydrogen) atoms. The maximum absolute atomic E-state index is 12.2. The van der Waals surface area contributed by atoms with Gasteiger partial charge < -0.3 is 19.4 Å². The first-order chi connectivity index (χ1) is 11.8. The van der Waals surface area contributed by atoms with Crippen molar-refractivity contribution in [1.82, 2.24) is 0 Å². The van der Waals surface area contributed by atoms with Gasteiger partial charge in [-0.3, -0.25) is 4.79 Å². The number of hydrogen-bond donors (Lipinski definition) is 1. The predicted octanol–water partition coefficient (Wildman–Crippen LogP) is 3.85. The highest BCUT2D eigenvalue weighted by Crippen LogP contribution is 2.31. The van der Waals surface area contributed by atoms with Gasteiger partial charge in [0.05, 0.1) is 19.1 Å². The number of anilines is 2. The summed E-state index contributed by atoms with van der Waals surface area (Å²) in [5, 5.41) is 2.97. The van der Waals surface area contributed by atoms with Crippen molar-refractivity contribution in [2.24, 2.45) is 0 Å². The number of hydrogen-bond acceptors (Lipinski definition) is 4.